The van der Waals surface area contributed by atoms with Crippen LogP contribution in [0.1, 0.15) is 21.1 Å². The molecule has 7 heteroatoms. The molecule has 2 atom stereocenters. The van der Waals surface area contributed by atoms with Gasteiger partial charge in [-0.25, -0.2) is 9.18 Å². The second kappa shape index (κ2) is 6.30. The molecule has 0 amide bonds. The van der Waals surface area contributed by atoms with Crippen LogP contribution in [0.5, 0.6) is 0 Å². The lowest BCUT2D eigenvalue weighted by atomic mass is 10.2. The van der Waals surface area contributed by atoms with Crippen molar-refractivity contribution < 1.29 is 18.5 Å². The Morgan fingerprint density at radius 3 is 2.90 bits per heavy atom. The van der Waals surface area contributed by atoms with Crippen LogP contribution in [-0.4, -0.2) is 19.2 Å². The fraction of sp³-hybridized carbons (Fsp3) is 0.214. The number of hydrogen-bond donors (Lipinski definition) is 0. The van der Waals surface area contributed by atoms with Gasteiger partial charge in [-0.2, -0.15) is 0 Å². The fourth-order valence-electron chi connectivity index (χ4n) is 1.78. The van der Waals surface area contributed by atoms with Gasteiger partial charge in [0.25, 0.3) is 0 Å². The predicted molar refractivity (Wildman–Crippen MR) is 85.5 cm³/mol. The van der Waals surface area contributed by atoms with Crippen LogP contribution in [0.3, 0.4) is 0 Å². The van der Waals surface area contributed by atoms with Crippen LogP contribution in [-0.2, 0) is 9.30 Å². The number of esters is 1. The van der Waals surface area contributed by atoms with Gasteiger partial charge >= 0.3 is 5.97 Å². The van der Waals surface area contributed by atoms with Crippen LogP contribution < -0.4 is 0 Å². The largest absolute Gasteiger partial charge is 0.457 e. The average Bonchev–Trinajstić information content (AvgIpc) is 2.85. The molecule has 0 fully saturated rings. The lowest BCUT2D eigenvalue weighted by Gasteiger charge is -2.11. The van der Waals surface area contributed by atoms with Crippen molar-refractivity contribution in [3.8, 4) is 0 Å². The number of ether oxygens (including phenoxy) is 1. The number of benzene rings is 1. The van der Waals surface area contributed by atoms with E-state index in [9.17, 15) is 13.8 Å². The SMILES string of the molecule is C=CCOC(=O)c1cc2cc([C@H](F)P(C)(=O)Cl)ccc2s1. The first-order valence-electron chi connectivity index (χ1n) is 6.05. The van der Waals surface area contributed by atoms with Gasteiger partial charge in [-0.05, 0) is 29.1 Å². The van der Waals surface area contributed by atoms with Crippen LogP contribution in [0, 0.1) is 0 Å². The molecule has 1 heterocycles. The summed E-state index contributed by atoms with van der Waals surface area (Å²) in [6, 6.07) is 6.38. The third-order valence-electron chi connectivity index (χ3n) is 2.75. The van der Waals surface area contributed by atoms with E-state index in [0.717, 1.165) is 4.70 Å². The Kier molecular flexibility index (Phi) is 4.87. The van der Waals surface area contributed by atoms with Crippen LogP contribution in [0.4, 0.5) is 4.39 Å². The summed E-state index contributed by atoms with van der Waals surface area (Å²) in [5, 5.41) is 0.691. The number of hydrogen-bond acceptors (Lipinski definition) is 4. The van der Waals surface area contributed by atoms with Crippen LogP contribution in [0.2, 0.25) is 0 Å². The zero-order valence-electron chi connectivity index (χ0n) is 11.2. The number of carbonyl (C=O) groups is 1. The van der Waals surface area contributed by atoms with E-state index in [0.29, 0.717) is 10.3 Å². The third kappa shape index (κ3) is 3.73. The quantitative estimate of drug-likeness (QED) is 0.416. The van der Waals surface area contributed by atoms with Crippen LogP contribution in [0.25, 0.3) is 10.1 Å². The van der Waals surface area contributed by atoms with E-state index in [2.05, 4.69) is 6.58 Å². The number of fused-ring (bicyclic) bond motifs is 1. The average molecular weight is 347 g/mol. The molecule has 0 radical (unpaired) electrons. The van der Waals surface area contributed by atoms with E-state index in [1.807, 2.05) is 0 Å². The summed E-state index contributed by atoms with van der Waals surface area (Å²) in [6.07, 6.45) is 1.48. The molecule has 0 aliphatic rings. The number of alkyl halides is 1. The van der Waals surface area contributed by atoms with Crippen molar-refractivity contribution in [2.75, 3.05) is 13.3 Å². The van der Waals surface area contributed by atoms with Gasteiger partial charge in [0, 0.05) is 11.4 Å². The number of thiophene rings is 1. The number of halogens is 2. The summed E-state index contributed by atoms with van der Waals surface area (Å²) in [4.78, 5) is 12.2. The van der Waals surface area contributed by atoms with Crippen LogP contribution in [0.15, 0.2) is 36.9 Å². The van der Waals surface area contributed by atoms with Gasteiger partial charge in [-0.3, -0.25) is 0 Å². The number of carbonyl (C=O) groups excluding carboxylic acids is 1. The van der Waals surface area contributed by atoms with Crippen molar-refractivity contribution >= 4 is 45.1 Å². The minimum Gasteiger partial charge on any atom is -0.457 e. The Morgan fingerprint density at radius 2 is 2.29 bits per heavy atom. The second-order valence-electron chi connectivity index (χ2n) is 4.51. The molecule has 0 saturated heterocycles. The van der Waals surface area contributed by atoms with Crippen molar-refractivity contribution in [1.29, 1.82) is 0 Å². The highest BCUT2D eigenvalue weighted by molar-refractivity contribution is 7.88. The Bertz CT molecular complexity index is 737. The van der Waals surface area contributed by atoms with Crippen LogP contribution >= 0.6 is 29.1 Å². The van der Waals surface area contributed by atoms with Crippen molar-refractivity contribution in [2.24, 2.45) is 0 Å². The standard InChI is InChI=1S/C14H13ClFO3PS/c1-3-6-19-14(17)12-8-10-7-9(4-5-11(10)21-12)13(16)20(2,15)18/h3-5,7-8,13H,1,6H2,2H3/t13-,20?/m1/s1. The summed E-state index contributed by atoms with van der Waals surface area (Å²) in [5.74, 6) is -2.17. The molecule has 0 N–H and O–H groups in total. The molecule has 1 aromatic carbocycles. The Hall–Kier alpha value is -1.16. The second-order valence-corrected chi connectivity index (χ2v) is 9.83. The van der Waals surface area contributed by atoms with Gasteiger partial charge < -0.3 is 9.30 Å². The molecular weight excluding hydrogens is 334 g/mol. The maximum Gasteiger partial charge on any atom is 0.348 e. The Morgan fingerprint density at radius 1 is 1.57 bits per heavy atom. The molecule has 1 unspecified atom stereocenters. The van der Waals surface area contributed by atoms with Gasteiger partial charge in [0.15, 0.2) is 5.91 Å². The highest BCUT2D eigenvalue weighted by atomic mass is 35.7. The molecule has 2 aromatic rings. The van der Waals surface area contributed by atoms with E-state index in [-0.39, 0.29) is 12.2 Å². The normalized spacial score (nSPS) is 15.4. The maximum atomic E-state index is 14.0. The van der Waals surface area contributed by atoms with E-state index in [4.69, 9.17) is 16.0 Å². The Labute approximate surface area is 130 Å². The van der Waals surface area contributed by atoms with Crippen molar-refractivity contribution in [3.05, 3.63) is 47.4 Å². The van der Waals surface area contributed by atoms with E-state index in [1.54, 1.807) is 18.2 Å². The summed E-state index contributed by atoms with van der Waals surface area (Å²) >= 11 is 6.83. The van der Waals surface area contributed by atoms with Crippen molar-refractivity contribution in [3.63, 3.8) is 0 Å². The number of rotatable bonds is 5. The molecule has 0 bridgehead atoms. The summed E-state index contributed by atoms with van der Waals surface area (Å²) < 4.78 is 31.4. The van der Waals surface area contributed by atoms with Crippen molar-refractivity contribution in [1.82, 2.24) is 0 Å². The molecule has 2 rings (SSSR count). The van der Waals surface area contributed by atoms with Gasteiger partial charge in [0.05, 0.1) is 0 Å². The highest BCUT2D eigenvalue weighted by Crippen LogP contribution is 2.61. The van der Waals surface area contributed by atoms with E-state index in [1.165, 1.54) is 30.1 Å². The molecule has 0 aliphatic heterocycles. The van der Waals surface area contributed by atoms with Gasteiger partial charge in [0.2, 0.25) is 6.49 Å². The third-order valence-corrected chi connectivity index (χ3v) is 5.47. The fourth-order valence-corrected chi connectivity index (χ4v) is 3.75. The monoisotopic (exact) mass is 346 g/mol. The maximum absolute atomic E-state index is 14.0. The molecule has 3 nitrogen and oxygen atoms in total. The van der Waals surface area contributed by atoms with E-state index < -0.39 is 18.4 Å². The molecule has 0 spiro atoms. The first-order chi connectivity index (χ1) is 9.82. The summed E-state index contributed by atoms with van der Waals surface area (Å²) in [6.45, 7) is 1.42. The molecular formula is C14H13ClFO3PS. The molecule has 0 saturated carbocycles. The molecule has 1 aromatic heterocycles. The zero-order chi connectivity index (χ0) is 15.6. The lowest BCUT2D eigenvalue weighted by Crippen LogP contribution is -2.02. The molecule has 21 heavy (non-hydrogen) atoms. The van der Waals surface area contributed by atoms with Gasteiger partial charge in [-0.15, -0.1) is 11.3 Å². The minimum atomic E-state index is -3.38. The topological polar surface area (TPSA) is 43.4 Å². The predicted octanol–water partition coefficient (Wildman–Crippen LogP) is 5.36. The first kappa shape index (κ1) is 16.2. The lowest BCUT2D eigenvalue weighted by molar-refractivity contribution is 0.0555. The van der Waals surface area contributed by atoms with Crippen molar-refractivity contribution in [2.45, 2.75) is 5.91 Å². The van der Waals surface area contributed by atoms with Gasteiger partial charge in [-0.1, -0.05) is 30.0 Å². The van der Waals surface area contributed by atoms with Gasteiger partial charge in [0.1, 0.15) is 11.5 Å². The van der Waals surface area contributed by atoms with E-state index >= 15 is 0 Å². The summed E-state index contributed by atoms with van der Waals surface area (Å²) in [5.41, 5.74) is 0.243. The minimum absolute atomic E-state index is 0.135. The highest BCUT2D eigenvalue weighted by Gasteiger charge is 2.27. The summed E-state index contributed by atoms with van der Waals surface area (Å²) in [7, 11) is 0. The molecule has 0 aliphatic carbocycles. The first-order valence-corrected chi connectivity index (χ1v) is 10.00. The molecule has 112 valence electrons. The Balaban J connectivity index is 2.34. The zero-order valence-corrected chi connectivity index (χ0v) is 13.7. The smallest absolute Gasteiger partial charge is 0.348 e.